The number of rotatable bonds is 3. The van der Waals surface area contributed by atoms with Crippen LogP contribution in [0.3, 0.4) is 0 Å². The van der Waals surface area contributed by atoms with Gasteiger partial charge in [-0.05, 0) is 50.4 Å². The lowest BCUT2D eigenvalue weighted by Crippen LogP contribution is -2.34. The van der Waals surface area contributed by atoms with Gasteiger partial charge in [0.25, 0.3) is 0 Å². The van der Waals surface area contributed by atoms with E-state index < -0.39 is 0 Å². The van der Waals surface area contributed by atoms with Gasteiger partial charge in [-0.2, -0.15) is 0 Å². The molecule has 1 amide bonds. The molecule has 0 radical (unpaired) electrons. The van der Waals surface area contributed by atoms with Gasteiger partial charge in [-0.1, -0.05) is 20.8 Å². The van der Waals surface area contributed by atoms with Crippen LogP contribution < -0.4 is 5.32 Å². The fourth-order valence-corrected chi connectivity index (χ4v) is 2.23. The van der Waals surface area contributed by atoms with Gasteiger partial charge in [0.05, 0.1) is 0 Å². The van der Waals surface area contributed by atoms with Crippen molar-refractivity contribution in [2.75, 3.05) is 6.54 Å². The molecule has 2 fully saturated rings. The predicted molar refractivity (Wildman–Crippen MR) is 68.2 cm³/mol. The van der Waals surface area contributed by atoms with Crippen molar-refractivity contribution in [1.29, 1.82) is 0 Å². The molecule has 0 unspecified atom stereocenters. The Labute approximate surface area is 100 Å². The standard InChI is InChI=1S/C12H21NO.C2H6/c1-9-2-6-11(7-3-9)12(14)13-8-10-4-5-10;1-2/h9-11H,2-8H2,1H3,(H,13,14);1-2H3. The summed E-state index contributed by atoms with van der Waals surface area (Å²) < 4.78 is 0. The number of hydrogen-bond acceptors (Lipinski definition) is 1. The van der Waals surface area contributed by atoms with Gasteiger partial charge in [0, 0.05) is 12.5 Å². The molecule has 0 atom stereocenters. The maximum absolute atomic E-state index is 11.7. The molecule has 1 N–H and O–H groups in total. The first kappa shape index (κ1) is 13.5. The number of nitrogens with one attached hydrogen (secondary N) is 1. The van der Waals surface area contributed by atoms with Crippen LogP contribution in [0.2, 0.25) is 0 Å². The van der Waals surface area contributed by atoms with Crippen molar-refractivity contribution in [2.45, 2.75) is 59.3 Å². The molecule has 2 aliphatic carbocycles. The zero-order valence-electron chi connectivity index (χ0n) is 11.1. The molecule has 2 aliphatic rings. The normalized spacial score (nSPS) is 28.9. The van der Waals surface area contributed by atoms with Gasteiger partial charge in [0.2, 0.25) is 5.91 Å². The zero-order chi connectivity index (χ0) is 12.0. The Bertz CT molecular complexity index is 203. The number of carbonyl (C=O) groups is 1. The molecule has 94 valence electrons. The van der Waals surface area contributed by atoms with Crippen molar-refractivity contribution in [3.63, 3.8) is 0 Å². The van der Waals surface area contributed by atoms with Crippen LogP contribution in [0, 0.1) is 17.8 Å². The van der Waals surface area contributed by atoms with Crippen LogP contribution in [0.5, 0.6) is 0 Å². The molecule has 0 aromatic rings. The van der Waals surface area contributed by atoms with Crippen LogP contribution in [-0.2, 0) is 4.79 Å². The minimum absolute atomic E-state index is 0.323. The molecule has 2 nitrogen and oxygen atoms in total. The molecule has 0 aromatic heterocycles. The average Bonchev–Trinajstić information content (AvgIpc) is 3.13. The largest absolute Gasteiger partial charge is 0.356 e. The van der Waals surface area contributed by atoms with Crippen molar-refractivity contribution in [3.8, 4) is 0 Å². The molecular weight excluding hydrogens is 198 g/mol. The molecule has 0 aromatic carbocycles. The van der Waals surface area contributed by atoms with Gasteiger partial charge in [0.15, 0.2) is 0 Å². The molecule has 0 heterocycles. The highest BCUT2D eigenvalue weighted by molar-refractivity contribution is 5.78. The topological polar surface area (TPSA) is 29.1 Å². The van der Waals surface area contributed by atoms with E-state index in [1.807, 2.05) is 13.8 Å². The van der Waals surface area contributed by atoms with Gasteiger partial charge < -0.3 is 5.32 Å². The van der Waals surface area contributed by atoms with Gasteiger partial charge in [-0.15, -0.1) is 0 Å². The Hall–Kier alpha value is -0.530. The fourth-order valence-electron chi connectivity index (χ4n) is 2.23. The minimum atomic E-state index is 0.323. The van der Waals surface area contributed by atoms with Crippen LogP contribution in [0.15, 0.2) is 0 Å². The summed E-state index contributed by atoms with van der Waals surface area (Å²) in [4.78, 5) is 11.7. The second kappa shape index (κ2) is 6.93. The van der Waals surface area contributed by atoms with Crippen molar-refractivity contribution in [3.05, 3.63) is 0 Å². The summed E-state index contributed by atoms with van der Waals surface area (Å²) in [7, 11) is 0. The lowest BCUT2D eigenvalue weighted by atomic mass is 9.82. The summed E-state index contributed by atoms with van der Waals surface area (Å²) in [5, 5.41) is 3.09. The smallest absolute Gasteiger partial charge is 0.223 e. The first-order valence-corrected chi connectivity index (χ1v) is 7.03. The highest BCUT2D eigenvalue weighted by atomic mass is 16.1. The summed E-state index contributed by atoms with van der Waals surface area (Å²) in [5.41, 5.74) is 0. The van der Waals surface area contributed by atoms with Gasteiger partial charge in [0.1, 0.15) is 0 Å². The Kier molecular flexibility index (Phi) is 5.86. The highest BCUT2D eigenvalue weighted by Crippen LogP contribution is 2.30. The SMILES string of the molecule is CC.CC1CCC(C(=O)NCC2CC2)CC1. The summed E-state index contributed by atoms with van der Waals surface area (Å²) in [6.45, 7) is 7.23. The van der Waals surface area contributed by atoms with E-state index in [1.54, 1.807) is 0 Å². The monoisotopic (exact) mass is 225 g/mol. The van der Waals surface area contributed by atoms with Crippen molar-refractivity contribution < 1.29 is 4.79 Å². The summed E-state index contributed by atoms with van der Waals surface area (Å²) in [6.07, 6.45) is 7.34. The predicted octanol–water partition coefficient (Wildman–Crippen LogP) is 3.37. The number of amides is 1. The Balaban J connectivity index is 0.000000606. The summed E-state index contributed by atoms with van der Waals surface area (Å²) in [5.74, 6) is 2.29. The van der Waals surface area contributed by atoms with E-state index in [-0.39, 0.29) is 0 Å². The quantitative estimate of drug-likeness (QED) is 0.784. The Morgan fingerprint density at radius 1 is 1.06 bits per heavy atom. The van der Waals surface area contributed by atoms with E-state index in [4.69, 9.17) is 0 Å². The maximum Gasteiger partial charge on any atom is 0.223 e. The molecule has 0 spiro atoms. The van der Waals surface area contributed by atoms with Gasteiger partial charge in [-0.25, -0.2) is 0 Å². The van der Waals surface area contributed by atoms with Crippen LogP contribution >= 0.6 is 0 Å². The van der Waals surface area contributed by atoms with Crippen molar-refractivity contribution in [2.24, 2.45) is 17.8 Å². The van der Waals surface area contributed by atoms with E-state index in [1.165, 1.54) is 25.7 Å². The van der Waals surface area contributed by atoms with E-state index in [0.29, 0.717) is 11.8 Å². The summed E-state index contributed by atoms with van der Waals surface area (Å²) >= 11 is 0. The van der Waals surface area contributed by atoms with Crippen molar-refractivity contribution in [1.82, 2.24) is 5.32 Å². The molecular formula is C14H27NO. The Morgan fingerprint density at radius 3 is 2.12 bits per heavy atom. The van der Waals surface area contributed by atoms with E-state index in [0.717, 1.165) is 31.2 Å². The molecule has 2 heteroatoms. The summed E-state index contributed by atoms with van der Waals surface area (Å²) in [6, 6.07) is 0. The second-order valence-electron chi connectivity index (χ2n) is 5.15. The third-order valence-electron chi connectivity index (χ3n) is 3.65. The van der Waals surface area contributed by atoms with Crippen LogP contribution in [-0.4, -0.2) is 12.5 Å². The first-order chi connectivity index (χ1) is 7.75. The molecule has 16 heavy (non-hydrogen) atoms. The molecule has 0 aliphatic heterocycles. The van der Waals surface area contributed by atoms with Gasteiger partial charge in [-0.3, -0.25) is 4.79 Å². The lowest BCUT2D eigenvalue weighted by molar-refractivity contribution is -0.126. The first-order valence-electron chi connectivity index (χ1n) is 7.03. The highest BCUT2D eigenvalue weighted by Gasteiger charge is 2.26. The second-order valence-corrected chi connectivity index (χ2v) is 5.15. The lowest BCUT2D eigenvalue weighted by Gasteiger charge is -2.25. The molecule has 2 rings (SSSR count). The third kappa shape index (κ3) is 4.54. The fraction of sp³-hybridized carbons (Fsp3) is 0.929. The Morgan fingerprint density at radius 2 is 1.62 bits per heavy atom. The number of carbonyl (C=O) groups excluding carboxylic acids is 1. The average molecular weight is 225 g/mol. The van der Waals surface area contributed by atoms with Crippen molar-refractivity contribution >= 4 is 5.91 Å². The van der Waals surface area contributed by atoms with Crippen LogP contribution in [0.1, 0.15) is 59.3 Å². The third-order valence-corrected chi connectivity index (χ3v) is 3.65. The van der Waals surface area contributed by atoms with E-state index in [2.05, 4.69) is 12.2 Å². The van der Waals surface area contributed by atoms with Gasteiger partial charge >= 0.3 is 0 Å². The number of hydrogen-bond donors (Lipinski definition) is 1. The van der Waals surface area contributed by atoms with Crippen LogP contribution in [0.25, 0.3) is 0 Å². The van der Waals surface area contributed by atoms with E-state index >= 15 is 0 Å². The molecule has 2 saturated carbocycles. The molecule has 0 saturated heterocycles. The maximum atomic E-state index is 11.7. The zero-order valence-corrected chi connectivity index (χ0v) is 11.1. The minimum Gasteiger partial charge on any atom is -0.356 e. The van der Waals surface area contributed by atoms with Crippen LogP contribution in [0.4, 0.5) is 0 Å². The molecule has 0 bridgehead atoms. The van der Waals surface area contributed by atoms with E-state index in [9.17, 15) is 4.79 Å².